The van der Waals surface area contributed by atoms with E-state index in [0.29, 0.717) is 5.75 Å². The molecule has 1 rings (SSSR count). The van der Waals surface area contributed by atoms with Crippen LogP contribution in [-0.4, -0.2) is 5.11 Å². The SMILES string of the molecule is CCc1c(O)ccc(C)c1Br. The average molecular weight is 215 g/mol. The second-order valence-corrected chi connectivity index (χ2v) is 3.34. The van der Waals surface area contributed by atoms with Crippen molar-refractivity contribution in [2.45, 2.75) is 20.3 Å². The van der Waals surface area contributed by atoms with Gasteiger partial charge in [0.2, 0.25) is 0 Å². The van der Waals surface area contributed by atoms with E-state index in [9.17, 15) is 5.11 Å². The number of phenols is 1. The monoisotopic (exact) mass is 214 g/mol. The number of rotatable bonds is 1. The summed E-state index contributed by atoms with van der Waals surface area (Å²) in [6.45, 7) is 4.04. The first-order valence-electron chi connectivity index (χ1n) is 3.63. The van der Waals surface area contributed by atoms with Gasteiger partial charge in [-0.1, -0.05) is 28.9 Å². The van der Waals surface area contributed by atoms with E-state index in [4.69, 9.17) is 0 Å². The summed E-state index contributed by atoms with van der Waals surface area (Å²) in [6, 6.07) is 3.64. The third kappa shape index (κ3) is 1.56. The topological polar surface area (TPSA) is 20.2 Å². The van der Waals surface area contributed by atoms with Crippen molar-refractivity contribution < 1.29 is 5.11 Å². The van der Waals surface area contributed by atoms with Crippen LogP contribution in [0.3, 0.4) is 0 Å². The molecule has 0 heterocycles. The van der Waals surface area contributed by atoms with Crippen molar-refractivity contribution in [3.63, 3.8) is 0 Å². The Balaban J connectivity index is 3.29. The number of hydrogen-bond acceptors (Lipinski definition) is 1. The first-order valence-corrected chi connectivity index (χ1v) is 4.43. The van der Waals surface area contributed by atoms with Gasteiger partial charge in [-0.25, -0.2) is 0 Å². The highest BCUT2D eigenvalue weighted by Gasteiger charge is 2.05. The summed E-state index contributed by atoms with van der Waals surface area (Å²) in [4.78, 5) is 0. The van der Waals surface area contributed by atoms with Gasteiger partial charge in [-0.3, -0.25) is 0 Å². The molecule has 1 aromatic carbocycles. The van der Waals surface area contributed by atoms with Crippen LogP contribution >= 0.6 is 15.9 Å². The quantitative estimate of drug-likeness (QED) is 0.763. The van der Waals surface area contributed by atoms with Gasteiger partial charge in [-0.05, 0) is 25.0 Å². The number of benzene rings is 1. The van der Waals surface area contributed by atoms with Gasteiger partial charge < -0.3 is 5.11 Å². The summed E-state index contributed by atoms with van der Waals surface area (Å²) in [5.41, 5.74) is 2.16. The third-order valence-electron chi connectivity index (χ3n) is 1.77. The number of hydrogen-bond donors (Lipinski definition) is 1. The normalized spacial score (nSPS) is 10.1. The smallest absolute Gasteiger partial charge is 0.119 e. The molecule has 2 heteroatoms. The van der Waals surface area contributed by atoms with E-state index < -0.39 is 0 Å². The molecule has 0 bridgehead atoms. The molecular formula is C9H11BrO. The fraction of sp³-hybridized carbons (Fsp3) is 0.333. The maximum Gasteiger partial charge on any atom is 0.119 e. The minimum absolute atomic E-state index is 0.380. The average Bonchev–Trinajstić information content (AvgIpc) is 1.99. The lowest BCUT2D eigenvalue weighted by Crippen LogP contribution is -1.86. The standard InChI is InChI=1S/C9H11BrO/c1-3-7-8(11)5-4-6(2)9(7)10/h4-5,11H,3H2,1-2H3. The predicted molar refractivity (Wildman–Crippen MR) is 49.9 cm³/mol. The Morgan fingerprint density at radius 3 is 2.55 bits per heavy atom. The molecule has 0 aliphatic carbocycles. The zero-order valence-corrected chi connectivity index (χ0v) is 8.27. The highest BCUT2D eigenvalue weighted by molar-refractivity contribution is 9.10. The molecule has 1 aromatic rings. The van der Waals surface area contributed by atoms with Crippen LogP contribution in [0.2, 0.25) is 0 Å². The van der Waals surface area contributed by atoms with Gasteiger partial charge in [0.1, 0.15) is 5.75 Å². The summed E-state index contributed by atoms with van der Waals surface area (Å²) < 4.78 is 1.03. The fourth-order valence-corrected chi connectivity index (χ4v) is 1.68. The molecule has 0 amide bonds. The van der Waals surface area contributed by atoms with Crippen molar-refractivity contribution in [3.05, 3.63) is 27.7 Å². The van der Waals surface area contributed by atoms with E-state index in [2.05, 4.69) is 15.9 Å². The number of aromatic hydroxyl groups is 1. The summed E-state index contributed by atoms with van der Waals surface area (Å²) in [5.74, 6) is 0.380. The second-order valence-electron chi connectivity index (χ2n) is 2.55. The maximum absolute atomic E-state index is 9.39. The molecule has 0 aliphatic rings. The first-order chi connectivity index (χ1) is 5.16. The largest absolute Gasteiger partial charge is 0.508 e. The molecule has 0 radical (unpaired) electrons. The predicted octanol–water partition coefficient (Wildman–Crippen LogP) is 3.03. The van der Waals surface area contributed by atoms with E-state index in [1.54, 1.807) is 6.07 Å². The molecule has 60 valence electrons. The molecule has 0 fully saturated rings. The van der Waals surface area contributed by atoms with Crippen LogP contribution in [0, 0.1) is 6.92 Å². The molecular weight excluding hydrogens is 204 g/mol. The lowest BCUT2D eigenvalue weighted by molar-refractivity contribution is 0.468. The third-order valence-corrected chi connectivity index (χ3v) is 2.87. The van der Waals surface area contributed by atoms with Crippen LogP contribution < -0.4 is 0 Å². The zero-order valence-electron chi connectivity index (χ0n) is 6.69. The molecule has 1 nitrogen and oxygen atoms in total. The van der Waals surface area contributed by atoms with E-state index in [1.807, 2.05) is 19.9 Å². The molecule has 0 saturated carbocycles. The summed E-state index contributed by atoms with van der Waals surface area (Å²) in [7, 11) is 0. The van der Waals surface area contributed by atoms with Crippen LogP contribution in [0.4, 0.5) is 0 Å². The Morgan fingerprint density at radius 2 is 2.09 bits per heavy atom. The molecule has 11 heavy (non-hydrogen) atoms. The number of phenolic OH excluding ortho intramolecular Hbond substituents is 1. The van der Waals surface area contributed by atoms with Gasteiger partial charge in [0.25, 0.3) is 0 Å². The second kappa shape index (κ2) is 3.26. The van der Waals surface area contributed by atoms with Crippen LogP contribution in [0.1, 0.15) is 18.1 Å². The van der Waals surface area contributed by atoms with Crippen LogP contribution in [0.5, 0.6) is 5.75 Å². The van der Waals surface area contributed by atoms with Gasteiger partial charge in [-0.15, -0.1) is 0 Å². The van der Waals surface area contributed by atoms with Crippen LogP contribution in [0.25, 0.3) is 0 Å². The number of aryl methyl sites for hydroxylation is 1. The Bertz CT molecular complexity index is 269. The summed E-state index contributed by atoms with van der Waals surface area (Å²) in [6.07, 6.45) is 0.855. The zero-order chi connectivity index (χ0) is 8.43. The van der Waals surface area contributed by atoms with Crippen molar-refractivity contribution >= 4 is 15.9 Å². The fourth-order valence-electron chi connectivity index (χ4n) is 1.06. The van der Waals surface area contributed by atoms with Gasteiger partial charge >= 0.3 is 0 Å². The van der Waals surface area contributed by atoms with E-state index >= 15 is 0 Å². The molecule has 0 aromatic heterocycles. The van der Waals surface area contributed by atoms with Gasteiger partial charge in [0.05, 0.1) is 0 Å². The van der Waals surface area contributed by atoms with Crippen molar-refractivity contribution in [1.82, 2.24) is 0 Å². The summed E-state index contributed by atoms with van der Waals surface area (Å²) >= 11 is 3.43. The van der Waals surface area contributed by atoms with Gasteiger partial charge in [-0.2, -0.15) is 0 Å². The Hall–Kier alpha value is -0.500. The molecule has 0 unspecified atom stereocenters. The van der Waals surface area contributed by atoms with E-state index in [-0.39, 0.29) is 0 Å². The minimum Gasteiger partial charge on any atom is -0.508 e. The molecule has 0 spiro atoms. The molecule has 0 aliphatic heterocycles. The van der Waals surface area contributed by atoms with E-state index in [0.717, 1.165) is 16.5 Å². The first kappa shape index (κ1) is 8.60. The van der Waals surface area contributed by atoms with E-state index in [1.165, 1.54) is 5.56 Å². The lowest BCUT2D eigenvalue weighted by atomic mass is 10.1. The minimum atomic E-state index is 0.380. The van der Waals surface area contributed by atoms with Crippen molar-refractivity contribution in [2.24, 2.45) is 0 Å². The van der Waals surface area contributed by atoms with Crippen LogP contribution in [-0.2, 0) is 6.42 Å². The highest BCUT2D eigenvalue weighted by Crippen LogP contribution is 2.29. The summed E-state index contributed by atoms with van der Waals surface area (Å²) in [5, 5.41) is 9.39. The molecule has 0 atom stereocenters. The molecule has 0 saturated heterocycles. The van der Waals surface area contributed by atoms with Crippen molar-refractivity contribution in [1.29, 1.82) is 0 Å². The van der Waals surface area contributed by atoms with Crippen molar-refractivity contribution in [2.75, 3.05) is 0 Å². The Morgan fingerprint density at radius 1 is 1.45 bits per heavy atom. The molecule has 1 N–H and O–H groups in total. The highest BCUT2D eigenvalue weighted by atomic mass is 79.9. The Kier molecular flexibility index (Phi) is 2.55. The lowest BCUT2D eigenvalue weighted by Gasteiger charge is -2.06. The maximum atomic E-state index is 9.39. The number of halogens is 1. The van der Waals surface area contributed by atoms with Gasteiger partial charge in [0.15, 0.2) is 0 Å². The van der Waals surface area contributed by atoms with Crippen LogP contribution in [0.15, 0.2) is 16.6 Å². The van der Waals surface area contributed by atoms with Crippen molar-refractivity contribution in [3.8, 4) is 5.75 Å². The van der Waals surface area contributed by atoms with Gasteiger partial charge in [0, 0.05) is 10.0 Å². The Labute approximate surface area is 75.2 Å².